The van der Waals surface area contributed by atoms with Crippen LogP contribution >= 0.6 is 11.6 Å². The maximum absolute atomic E-state index is 11.7. The van der Waals surface area contributed by atoms with Gasteiger partial charge in [0, 0.05) is 29.5 Å². The first kappa shape index (κ1) is 19.8. The summed E-state index contributed by atoms with van der Waals surface area (Å²) in [7, 11) is 0. The van der Waals surface area contributed by atoms with Crippen molar-refractivity contribution in [2.45, 2.75) is 19.0 Å². The summed E-state index contributed by atoms with van der Waals surface area (Å²) in [5, 5.41) is 3.89. The molecule has 0 aliphatic carbocycles. The first-order valence-corrected chi connectivity index (χ1v) is 9.69. The van der Waals surface area contributed by atoms with Crippen molar-refractivity contribution in [1.82, 2.24) is 24.8 Å². The molecule has 30 heavy (non-hydrogen) atoms. The van der Waals surface area contributed by atoms with E-state index in [2.05, 4.69) is 31.8 Å². The fraction of sp³-hybridized carbons (Fsp3) is 0.190. The molecule has 1 N–H and O–H groups in total. The minimum absolute atomic E-state index is 0.0483. The summed E-state index contributed by atoms with van der Waals surface area (Å²) in [5.41, 5.74) is 1.33. The van der Waals surface area contributed by atoms with Gasteiger partial charge >= 0.3 is 6.01 Å². The zero-order chi connectivity index (χ0) is 21.1. The Morgan fingerprint density at radius 1 is 1.30 bits per heavy atom. The fourth-order valence-electron chi connectivity index (χ4n) is 3.09. The van der Waals surface area contributed by atoms with Gasteiger partial charge in [-0.3, -0.25) is 9.78 Å². The van der Waals surface area contributed by atoms with Crippen molar-refractivity contribution in [3.8, 4) is 23.0 Å². The van der Waals surface area contributed by atoms with Crippen molar-refractivity contribution in [2.24, 2.45) is 0 Å². The number of aromatic nitrogens is 4. The predicted molar refractivity (Wildman–Crippen MR) is 113 cm³/mol. The maximum Gasteiger partial charge on any atom is 0.321 e. The summed E-state index contributed by atoms with van der Waals surface area (Å²) in [6.07, 6.45) is 7.85. The number of likely N-dealkylation sites (tertiary alicyclic amines) is 1. The van der Waals surface area contributed by atoms with E-state index < -0.39 is 0 Å². The van der Waals surface area contributed by atoms with Crippen LogP contribution in [-0.2, 0) is 4.79 Å². The molecule has 9 heteroatoms. The van der Waals surface area contributed by atoms with Crippen LogP contribution in [0.5, 0.6) is 11.8 Å². The van der Waals surface area contributed by atoms with Gasteiger partial charge in [-0.2, -0.15) is 0 Å². The van der Waals surface area contributed by atoms with Crippen LogP contribution in [0.4, 0.5) is 5.82 Å². The molecular weight excluding hydrogens is 404 g/mol. The van der Waals surface area contributed by atoms with Crippen LogP contribution in [0.15, 0.2) is 61.7 Å². The molecule has 1 aliphatic heterocycles. The Balaban J connectivity index is 1.42. The Hall–Kier alpha value is -3.52. The molecule has 4 rings (SSSR count). The number of amides is 1. The average molecular weight is 423 g/mol. The second-order valence-electron chi connectivity index (χ2n) is 6.79. The highest BCUT2D eigenvalue weighted by molar-refractivity contribution is 6.30. The average Bonchev–Trinajstić information content (AvgIpc) is 2.76. The summed E-state index contributed by atoms with van der Waals surface area (Å²) in [6.45, 7) is 6.10. The minimum atomic E-state index is -0.0717. The molecular formula is C21H19ClN6O2. The Morgan fingerprint density at radius 2 is 2.10 bits per heavy atom. The second kappa shape index (κ2) is 8.46. The summed E-state index contributed by atoms with van der Waals surface area (Å²) >= 11 is 5.96. The van der Waals surface area contributed by atoms with Gasteiger partial charge in [0.1, 0.15) is 11.6 Å². The van der Waals surface area contributed by atoms with E-state index in [1.807, 2.05) is 6.92 Å². The van der Waals surface area contributed by atoms with E-state index >= 15 is 0 Å². The smallest absolute Gasteiger partial charge is 0.321 e. The number of nitrogens with one attached hydrogen (secondary N) is 1. The van der Waals surface area contributed by atoms with Crippen LogP contribution in [0.2, 0.25) is 5.02 Å². The number of benzene rings is 1. The topological polar surface area (TPSA) is 93.1 Å². The van der Waals surface area contributed by atoms with Gasteiger partial charge in [-0.15, -0.1) is 0 Å². The predicted octanol–water partition coefficient (Wildman–Crippen LogP) is 3.58. The Morgan fingerprint density at radius 3 is 2.80 bits per heavy atom. The van der Waals surface area contributed by atoms with E-state index in [0.717, 1.165) is 0 Å². The van der Waals surface area contributed by atoms with Crippen LogP contribution < -0.4 is 10.1 Å². The largest absolute Gasteiger partial charge is 0.424 e. The standard InChI is InChI=1S/C21H19ClN6O2/c1-3-20(29)28-12-18(13(28)2)27-19-11-23-10-17(26-19)14-8-24-21(25-9-14)30-16-6-4-5-15(22)7-16/h3-11,13,18H,1,12H2,2H3,(H,26,27)/t13-,18+/m0/s1. The summed E-state index contributed by atoms with van der Waals surface area (Å²) in [4.78, 5) is 30.8. The zero-order valence-corrected chi connectivity index (χ0v) is 17.0. The van der Waals surface area contributed by atoms with Crippen molar-refractivity contribution in [3.05, 3.63) is 66.7 Å². The third-order valence-electron chi connectivity index (χ3n) is 4.82. The number of nitrogens with zero attached hydrogens (tertiary/aromatic N) is 5. The lowest BCUT2D eigenvalue weighted by atomic mass is 9.98. The van der Waals surface area contributed by atoms with Gasteiger partial charge in [0.2, 0.25) is 5.91 Å². The monoisotopic (exact) mass is 422 g/mol. The van der Waals surface area contributed by atoms with Crippen LogP contribution in [0.1, 0.15) is 6.92 Å². The molecule has 3 heterocycles. The molecule has 0 unspecified atom stereocenters. The number of ether oxygens (including phenoxy) is 1. The van der Waals surface area contributed by atoms with Crippen molar-refractivity contribution < 1.29 is 9.53 Å². The van der Waals surface area contributed by atoms with Crippen molar-refractivity contribution in [2.75, 3.05) is 11.9 Å². The van der Waals surface area contributed by atoms with E-state index in [1.54, 1.807) is 54.0 Å². The lowest BCUT2D eigenvalue weighted by molar-refractivity contribution is -0.133. The van der Waals surface area contributed by atoms with Crippen molar-refractivity contribution in [3.63, 3.8) is 0 Å². The number of carbonyl (C=O) groups is 1. The third-order valence-corrected chi connectivity index (χ3v) is 5.06. The Labute approximate surface area is 178 Å². The quantitative estimate of drug-likeness (QED) is 0.607. The number of halogens is 1. The molecule has 0 spiro atoms. The number of rotatable bonds is 6. The number of anilines is 1. The fourth-order valence-corrected chi connectivity index (χ4v) is 3.27. The van der Waals surface area contributed by atoms with Crippen molar-refractivity contribution >= 4 is 23.3 Å². The van der Waals surface area contributed by atoms with Gasteiger partial charge in [-0.25, -0.2) is 15.0 Å². The number of hydrogen-bond donors (Lipinski definition) is 1. The molecule has 3 aromatic rings. The lowest BCUT2D eigenvalue weighted by Gasteiger charge is -2.46. The number of hydrogen-bond acceptors (Lipinski definition) is 7. The molecule has 0 saturated carbocycles. The van der Waals surface area contributed by atoms with Crippen LogP contribution in [0.25, 0.3) is 11.3 Å². The van der Waals surface area contributed by atoms with Gasteiger partial charge in [-0.1, -0.05) is 24.2 Å². The van der Waals surface area contributed by atoms with Crippen LogP contribution in [0, 0.1) is 0 Å². The Kier molecular flexibility index (Phi) is 5.58. The summed E-state index contributed by atoms with van der Waals surface area (Å²) in [5.74, 6) is 1.10. The Bertz CT molecular complexity index is 1080. The van der Waals surface area contributed by atoms with Gasteiger partial charge < -0.3 is 15.0 Å². The molecule has 1 saturated heterocycles. The molecule has 1 aliphatic rings. The molecule has 152 valence electrons. The molecule has 1 amide bonds. The first-order chi connectivity index (χ1) is 14.5. The number of carbonyl (C=O) groups excluding carboxylic acids is 1. The molecule has 8 nitrogen and oxygen atoms in total. The van der Waals surface area contributed by atoms with Gasteiger partial charge in [-0.05, 0) is 31.2 Å². The third kappa shape index (κ3) is 4.23. The highest BCUT2D eigenvalue weighted by Gasteiger charge is 2.37. The highest BCUT2D eigenvalue weighted by Crippen LogP contribution is 2.24. The van der Waals surface area contributed by atoms with Gasteiger partial charge in [0.05, 0.1) is 30.2 Å². The van der Waals surface area contributed by atoms with Crippen LogP contribution in [-0.4, -0.2) is 49.4 Å². The lowest BCUT2D eigenvalue weighted by Crippen LogP contribution is -2.63. The summed E-state index contributed by atoms with van der Waals surface area (Å²) < 4.78 is 5.60. The molecule has 1 fully saturated rings. The van der Waals surface area contributed by atoms with Crippen LogP contribution in [0.3, 0.4) is 0 Å². The molecule has 2 aromatic heterocycles. The van der Waals surface area contributed by atoms with E-state index in [-0.39, 0.29) is 24.0 Å². The first-order valence-electron chi connectivity index (χ1n) is 9.31. The van der Waals surface area contributed by atoms with E-state index in [0.29, 0.717) is 34.4 Å². The van der Waals surface area contributed by atoms with Gasteiger partial charge in [0.15, 0.2) is 0 Å². The minimum Gasteiger partial charge on any atom is -0.424 e. The van der Waals surface area contributed by atoms with Crippen molar-refractivity contribution in [1.29, 1.82) is 0 Å². The molecule has 1 aromatic carbocycles. The van der Waals surface area contributed by atoms with E-state index in [9.17, 15) is 4.79 Å². The second-order valence-corrected chi connectivity index (χ2v) is 7.23. The normalized spacial score (nSPS) is 17.7. The SMILES string of the molecule is C=CC(=O)N1C[C@@H](Nc2cncc(-c3cnc(Oc4cccc(Cl)c4)nc3)n2)[C@@H]1C. The van der Waals surface area contributed by atoms with E-state index in [1.165, 1.54) is 6.08 Å². The van der Waals surface area contributed by atoms with Gasteiger partial charge in [0.25, 0.3) is 0 Å². The highest BCUT2D eigenvalue weighted by atomic mass is 35.5. The molecule has 0 bridgehead atoms. The zero-order valence-electron chi connectivity index (χ0n) is 16.2. The molecule has 2 atom stereocenters. The summed E-state index contributed by atoms with van der Waals surface area (Å²) in [6, 6.07) is 7.36. The van der Waals surface area contributed by atoms with E-state index in [4.69, 9.17) is 16.3 Å². The molecule has 0 radical (unpaired) electrons. The maximum atomic E-state index is 11.7.